The number of carbonyl (C=O) groups excluding carboxylic acids is 1. The number of aromatic nitrogens is 6. The first-order chi connectivity index (χ1) is 10.8. The lowest BCUT2D eigenvalue weighted by Crippen LogP contribution is -2.31. The molecule has 1 saturated heterocycles. The normalized spacial score (nSPS) is 17.7. The third-order valence-electron chi connectivity index (χ3n) is 3.77. The highest BCUT2D eigenvalue weighted by atomic mass is 16.2. The number of aryl methyl sites for hydroxylation is 1. The van der Waals surface area contributed by atoms with Gasteiger partial charge in [0.05, 0.1) is 30.7 Å². The van der Waals surface area contributed by atoms with Crippen molar-refractivity contribution >= 4 is 11.7 Å². The summed E-state index contributed by atoms with van der Waals surface area (Å²) in [5.41, 5.74) is 0.833. The van der Waals surface area contributed by atoms with Crippen molar-refractivity contribution in [1.29, 1.82) is 0 Å². The number of hydrogen-bond donors (Lipinski definition) is 1. The summed E-state index contributed by atoms with van der Waals surface area (Å²) < 4.78 is 1.56. The van der Waals surface area contributed by atoms with E-state index in [1.165, 1.54) is 6.33 Å². The molecule has 1 aliphatic rings. The number of amides is 1. The first-order valence-corrected chi connectivity index (χ1v) is 7.28. The Morgan fingerprint density at radius 1 is 1.45 bits per heavy atom. The van der Waals surface area contributed by atoms with Crippen molar-refractivity contribution in [2.24, 2.45) is 0 Å². The van der Waals surface area contributed by atoms with Gasteiger partial charge in [-0.05, 0) is 23.3 Å². The summed E-state index contributed by atoms with van der Waals surface area (Å²) in [6.07, 6.45) is 7.18. The molecule has 1 N–H and O–H groups in total. The number of carbonyl (C=O) groups is 1. The van der Waals surface area contributed by atoms with Gasteiger partial charge in [-0.1, -0.05) is 0 Å². The van der Waals surface area contributed by atoms with Crippen molar-refractivity contribution < 1.29 is 4.79 Å². The Balaban J connectivity index is 1.68. The van der Waals surface area contributed by atoms with Crippen LogP contribution in [0.25, 0.3) is 0 Å². The molecule has 22 heavy (non-hydrogen) atoms. The Hall–Kier alpha value is -2.58. The van der Waals surface area contributed by atoms with Gasteiger partial charge in [0, 0.05) is 20.0 Å². The van der Waals surface area contributed by atoms with Gasteiger partial charge in [-0.25, -0.2) is 9.67 Å². The van der Waals surface area contributed by atoms with Crippen LogP contribution in [0, 0.1) is 0 Å². The van der Waals surface area contributed by atoms with E-state index in [0.717, 1.165) is 25.1 Å². The highest BCUT2D eigenvalue weighted by Crippen LogP contribution is 2.31. The fourth-order valence-electron chi connectivity index (χ4n) is 2.67. The van der Waals surface area contributed by atoms with Crippen LogP contribution < -0.4 is 5.32 Å². The second kappa shape index (κ2) is 6.46. The molecular weight excluding hydrogens is 284 g/mol. The number of nitrogens with zero attached hydrogens (tertiary/aromatic N) is 7. The number of likely N-dealkylation sites (tertiary alicyclic amines) is 1. The highest BCUT2D eigenvalue weighted by molar-refractivity contribution is 5.76. The Morgan fingerprint density at radius 2 is 2.36 bits per heavy atom. The lowest BCUT2D eigenvalue weighted by Gasteiger charge is -2.24. The molecule has 3 rings (SSSR count). The second-order valence-electron chi connectivity index (χ2n) is 5.15. The molecular formula is C13H18N8O. The van der Waals surface area contributed by atoms with E-state index >= 15 is 0 Å². The molecule has 0 aliphatic carbocycles. The van der Waals surface area contributed by atoms with Gasteiger partial charge in [0.2, 0.25) is 5.91 Å². The van der Waals surface area contributed by atoms with Crippen molar-refractivity contribution in [3.8, 4) is 0 Å². The average molecular weight is 302 g/mol. The highest BCUT2D eigenvalue weighted by Gasteiger charge is 2.31. The number of nitrogens with one attached hydrogen (secondary N) is 1. The molecule has 9 nitrogen and oxygen atoms in total. The molecule has 1 aliphatic heterocycles. The van der Waals surface area contributed by atoms with Gasteiger partial charge in [-0.15, -0.1) is 5.10 Å². The zero-order valence-electron chi connectivity index (χ0n) is 12.4. The van der Waals surface area contributed by atoms with Gasteiger partial charge in [0.1, 0.15) is 12.1 Å². The van der Waals surface area contributed by atoms with Gasteiger partial charge in [0.15, 0.2) is 0 Å². The number of hydrogen-bond acceptors (Lipinski definition) is 7. The molecule has 1 atom stereocenters. The smallest absolute Gasteiger partial charge is 0.225 e. The van der Waals surface area contributed by atoms with Crippen LogP contribution in [0.4, 0.5) is 5.82 Å². The zero-order valence-corrected chi connectivity index (χ0v) is 12.4. The standard InChI is InChI=1S/C13H18N8O/c1-14-12-8-15-7-10(17-12)11-3-2-5-21(11)13(22)4-6-20-9-16-18-19-20/h7-9,11H,2-6H2,1H3,(H,14,17)/t11-/m1/s1. The maximum Gasteiger partial charge on any atom is 0.225 e. The molecule has 0 radical (unpaired) electrons. The molecule has 9 heteroatoms. The quantitative estimate of drug-likeness (QED) is 0.845. The van der Waals surface area contributed by atoms with E-state index in [1.54, 1.807) is 24.1 Å². The first-order valence-electron chi connectivity index (χ1n) is 7.28. The van der Waals surface area contributed by atoms with Gasteiger partial charge >= 0.3 is 0 Å². The second-order valence-corrected chi connectivity index (χ2v) is 5.15. The summed E-state index contributed by atoms with van der Waals surface area (Å²) in [5.74, 6) is 0.806. The lowest BCUT2D eigenvalue weighted by atomic mass is 10.1. The molecule has 0 bridgehead atoms. The van der Waals surface area contributed by atoms with Crippen LogP contribution in [-0.4, -0.2) is 54.6 Å². The minimum absolute atomic E-state index is 0.00201. The van der Waals surface area contributed by atoms with Crippen LogP contribution in [0.15, 0.2) is 18.7 Å². The van der Waals surface area contributed by atoms with Crippen molar-refractivity contribution in [2.75, 3.05) is 18.9 Å². The van der Waals surface area contributed by atoms with Crippen LogP contribution >= 0.6 is 0 Å². The van der Waals surface area contributed by atoms with Crippen LogP contribution in [0.2, 0.25) is 0 Å². The van der Waals surface area contributed by atoms with E-state index in [9.17, 15) is 4.79 Å². The molecule has 0 aromatic carbocycles. The van der Waals surface area contributed by atoms with E-state index in [0.29, 0.717) is 18.8 Å². The molecule has 0 spiro atoms. The van der Waals surface area contributed by atoms with E-state index in [4.69, 9.17) is 0 Å². The van der Waals surface area contributed by atoms with Crippen LogP contribution in [-0.2, 0) is 11.3 Å². The Labute approximate surface area is 127 Å². The SMILES string of the molecule is CNc1cncc([C@H]2CCCN2C(=O)CCn2cnnn2)n1. The van der Waals surface area contributed by atoms with Crippen molar-refractivity contribution in [2.45, 2.75) is 31.8 Å². The number of anilines is 1. The van der Waals surface area contributed by atoms with E-state index in [-0.39, 0.29) is 11.9 Å². The molecule has 0 saturated carbocycles. The fraction of sp³-hybridized carbons (Fsp3) is 0.538. The Bertz CT molecular complexity index is 629. The average Bonchev–Trinajstić information content (AvgIpc) is 3.24. The summed E-state index contributed by atoms with van der Waals surface area (Å²) in [4.78, 5) is 23.0. The van der Waals surface area contributed by atoms with Gasteiger partial charge in [0.25, 0.3) is 0 Å². The zero-order chi connectivity index (χ0) is 15.4. The Morgan fingerprint density at radius 3 is 3.14 bits per heavy atom. The largest absolute Gasteiger partial charge is 0.372 e. The van der Waals surface area contributed by atoms with E-state index in [2.05, 4.69) is 30.8 Å². The molecule has 1 fully saturated rings. The van der Waals surface area contributed by atoms with Gasteiger partial charge < -0.3 is 10.2 Å². The van der Waals surface area contributed by atoms with E-state index in [1.807, 2.05) is 4.90 Å². The third kappa shape index (κ3) is 3.02. The predicted octanol–water partition coefficient (Wildman–Crippen LogP) is 0.259. The summed E-state index contributed by atoms with van der Waals surface area (Å²) in [6, 6.07) is 0.00201. The van der Waals surface area contributed by atoms with Gasteiger partial charge in [-0.2, -0.15) is 0 Å². The lowest BCUT2D eigenvalue weighted by molar-refractivity contribution is -0.132. The molecule has 116 valence electrons. The number of tetrazole rings is 1. The van der Waals surface area contributed by atoms with E-state index < -0.39 is 0 Å². The van der Waals surface area contributed by atoms with Crippen molar-refractivity contribution in [3.63, 3.8) is 0 Å². The van der Waals surface area contributed by atoms with Crippen LogP contribution in [0.3, 0.4) is 0 Å². The van der Waals surface area contributed by atoms with Gasteiger partial charge in [-0.3, -0.25) is 9.78 Å². The van der Waals surface area contributed by atoms with Crippen molar-refractivity contribution in [1.82, 2.24) is 35.1 Å². The molecule has 0 unspecified atom stereocenters. The summed E-state index contributed by atoms with van der Waals surface area (Å²) in [5, 5.41) is 13.9. The summed E-state index contributed by atoms with van der Waals surface area (Å²) in [7, 11) is 1.80. The topological polar surface area (TPSA) is 102 Å². The molecule has 2 aromatic heterocycles. The molecule has 1 amide bonds. The monoisotopic (exact) mass is 302 g/mol. The third-order valence-corrected chi connectivity index (χ3v) is 3.77. The summed E-state index contributed by atoms with van der Waals surface area (Å²) >= 11 is 0. The molecule has 2 aromatic rings. The predicted molar refractivity (Wildman–Crippen MR) is 77.7 cm³/mol. The first kappa shape index (κ1) is 14.4. The minimum Gasteiger partial charge on any atom is -0.372 e. The fourth-order valence-corrected chi connectivity index (χ4v) is 2.67. The molecule has 3 heterocycles. The van der Waals surface area contributed by atoms with Crippen LogP contribution in [0.1, 0.15) is 31.0 Å². The number of rotatable bonds is 5. The summed E-state index contributed by atoms with van der Waals surface area (Å²) in [6.45, 7) is 1.24. The van der Waals surface area contributed by atoms with Crippen molar-refractivity contribution in [3.05, 3.63) is 24.4 Å². The minimum atomic E-state index is 0.00201. The van der Waals surface area contributed by atoms with Crippen LogP contribution in [0.5, 0.6) is 0 Å². The maximum absolute atomic E-state index is 12.5. The Kier molecular flexibility index (Phi) is 4.22. The maximum atomic E-state index is 12.5.